The van der Waals surface area contributed by atoms with Crippen LogP contribution in [-0.2, 0) is 6.54 Å². The van der Waals surface area contributed by atoms with Gasteiger partial charge in [-0.2, -0.15) is 5.26 Å². The molecule has 0 saturated heterocycles. The molecule has 0 saturated carbocycles. The number of benzene rings is 1. The number of anilines is 1. The van der Waals surface area contributed by atoms with E-state index in [0.29, 0.717) is 23.0 Å². The summed E-state index contributed by atoms with van der Waals surface area (Å²) in [6, 6.07) is 9.88. The van der Waals surface area contributed by atoms with Crippen LogP contribution in [-0.4, -0.2) is 23.3 Å². The van der Waals surface area contributed by atoms with E-state index in [-0.39, 0.29) is 0 Å². The van der Waals surface area contributed by atoms with Crippen molar-refractivity contribution in [1.29, 1.82) is 5.26 Å². The number of aromatic nitrogens is 2. The van der Waals surface area contributed by atoms with Gasteiger partial charge in [-0.05, 0) is 24.0 Å². The molecule has 0 aliphatic carbocycles. The number of hydrogen-bond donors (Lipinski definition) is 1. The maximum atomic E-state index is 9.21. The first-order valence-electron chi connectivity index (χ1n) is 5.94. The third-order valence-electron chi connectivity index (χ3n) is 2.71. The molecule has 0 spiro atoms. The summed E-state index contributed by atoms with van der Waals surface area (Å²) >= 11 is 1.43. The van der Waals surface area contributed by atoms with Gasteiger partial charge in [-0.3, -0.25) is 0 Å². The lowest BCUT2D eigenvalue weighted by Gasteiger charge is -2.09. The molecule has 0 bridgehead atoms. The minimum absolute atomic E-state index is 0.475. The van der Waals surface area contributed by atoms with E-state index in [0.717, 1.165) is 11.3 Å². The number of nitrogens with zero attached hydrogens (tertiary/aromatic N) is 3. The van der Waals surface area contributed by atoms with Crippen LogP contribution in [0.4, 0.5) is 5.82 Å². The van der Waals surface area contributed by atoms with Gasteiger partial charge in [-0.1, -0.05) is 12.1 Å². The Balaban J connectivity index is 2.17. The molecule has 0 radical (unpaired) electrons. The average molecular weight is 286 g/mol. The average Bonchev–Trinajstić information content (AvgIpc) is 2.52. The largest absolute Gasteiger partial charge is 0.497 e. The number of thioether (sulfide) groups is 1. The number of rotatable bonds is 5. The first kappa shape index (κ1) is 14.2. The number of nitriles is 1. The van der Waals surface area contributed by atoms with Crippen LogP contribution >= 0.6 is 11.8 Å². The van der Waals surface area contributed by atoms with Crippen molar-refractivity contribution in [3.8, 4) is 11.8 Å². The van der Waals surface area contributed by atoms with Gasteiger partial charge in [0.15, 0.2) is 0 Å². The summed E-state index contributed by atoms with van der Waals surface area (Å²) < 4.78 is 5.18. The van der Waals surface area contributed by atoms with Crippen LogP contribution < -0.4 is 10.1 Å². The summed E-state index contributed by atoms with van der Waals surface area (Å²) in [6.07, 6.45) is 3.34. The minimum atomic E-state index is 0.475. The van der Waals surface area contributed by atoms with Gasteiger partial charge in [0, 0.05) is 6.54 Å². The van der Waals surface area contributed by atoms with E-state index in [1.807, 2.05) is 30.5 Å². The second-order valence-electron chi connectivity index (χ2n) is 3.92. The lowest BCUT2D eigenvalue weighted by molar-refractivity contribution is 0.414. The van der Waals surface area contributed by atoms with Crippen LogP contribution in [0, 0.1) is 11.3 Å². The van der Waals surface area contributed by atoms with Crippen LogP contribution in [0.15, 0.2) is 35.6 Å². The smallest absolute Gasteiger partial charge is 0.148 e. The van der Waals surface area contributed by atoms with Crippen molar-refractivity contribution >= 4 is 17.6 Å². The summed E-state index contributed by atoms with van der Waals surface area (Å²) in [7, 11) is 1.63. The molecule has 0 amide bonds. The van der Waals surface area contributed by atoms with Gasteiger partial charge in [-0.15, -0.1) is 11.8 Å². The second-order valence-corrected chi connectivity index (χ2v) is 4.72. The Labute approximate surface area is 122 Å². The molecule has 0 aliphatic rings. The Kier molecular flexibility index (Phi) is 4.80. The van der Waals surface area contributed by atoms with Crippen LogP contribution in [0.25, 0.3) is 0 Å². The molecule has 20 heavy (non-hydrogen) atoms. The van der Waals surface area contributed by atoms with Gasteiger partial charge in [0.1, 0.15) is 34.6 Å². The van der Waals surface area contributed by atoms with Crippen molar-refractivity contribution in [2.75, 3.05) is 18.7 Å². The molecule has 0 unspecified atom stereocenters. The summed E-state index contributed by atoms with van der Waals surface area (Å²) in [4.78, 5) is 8.21. The Morgan fingerprint density at radius 1 is 1.40 bits per heavy atom. The van der Waals surface area contributed by atoms with Crippen molar-refractivity contribution in [1.82, 2.24) is 9.97 Å². The molecule has 2 aromatic rings. The van der Waals surface area contributed by atoms with Crippen molar-refractivity contribution in [3.05, 3.63) is 41.7 Å². The van der Waals surface area contributed by atoms with Gasteiger partial charge in [0.25, 0.3) is 0 Å². The predicted molar refractivity (Wildman–Crippen MR) is 78.8 cm³/mol. The first-order valence-corrected chi connectivity index (χ1v) is 7.17. The van der Waals surface area contributed by atoms with Gasteiger partial charge < -0.3 is 10.1 Å². The van der Waals surface area contributed by atoms with Crippen molar-refractivity contribution in [3.63, 3.8) is 0 Å². The molecule has 2 rings (SSSR count). The molecular formula is C14H14N4OS. The van der Waals surface area contributed by atoms with E-state index in [1.54, 1.807) is 7.11 Å². The molecule has 0 atom stereocenters. The molecule has 1 aromatic carbocycles. The van der Waals surface area contributed by atoms with Crippen molar-refractivity contribution in [2.45, 2.75) is 11.6 Å². The van der Waals surface area contributed by atoms with Crippen molar-refractivity contribution in [2.24, 2.45) is 0 Å². The van der Waals surface area contributed by atoms with Gasteiger partial charge in [-0.25, -0.2) is 9.97 Å². The second kappa shape index (κ2) is 6.78. The lowest BCUT2D eigenvalue weighted by atomic mass is 10.2. The third-order valence-corrected chi connectivity index (χ3v) is 3.41. The number of hydrogen-bond acceptors (Lipinski definition) is 6. The zero-order valence-corrected chi connectivity index (χ0v) is 12.1. The van der Waals surface area contributed by atoms with E-state index in [1.165, 1.54) is 18.1 Å². The molecule has 1 aromatic heterocycles. The quantitative estimate of drug-likeness (QED) is 0.673. The topological polar surface area (TPSA) is 70.8 Å². The van der Waals surface area contributed by atoms with Crippen LogP contribution in [0.5, 0.6) is 5.75 Å². The fourth-order valence-electron chi connectivity index (χ4n) is 1.73. The predicted octanol–water partition coefficient (Wildman–Crippen LogP) is 2.69. The fourth-order valence-corrected chi connectivity index (χ4v) is 2.23. The maximum Gasteiger partial charge on any atom is 0.148 e. The lowest BCUT2D eigenvalue weighted by Crippen LogP contribution is -2.05. The summed E-state index contributed by atoms with van der Waals surface area (Å²) in [5.74, 6) is 1.35. The highest BCUT2D eigenvalue weighted by atomic mass is 32.2. The Bertz CT molecular complexity index is 639. The Morgan fingerprint density at radius 2 is 2.25 bits per heavy atom. The zero-order valence-electron chi connectivity index (χ0n) is 11.3. The number of ether oxygens (including phenoxy) is 1. The highest BCUT2D eigenvalue weighted by Crippen LogP contribution is 2.22. The first-order chi connectivity index (χ1) is 9.78. The fraction of sp³-hybridized carbons (Fsp3) is 0.214. The third kappa shape index (κ3) is 3.19. The molecule has 5 nitrogen and oxygen atoms in total. The highest BCUT2D eigenvalue weighted by molar-refractivity contribution is 7.98. The monoisotopic (exact) mass is 286 g/mol. The minimum Gasteiger partial charge on any atom is -0.497 e. The summed E-state index contributed by atoms with van der Waals surface area (Å²) in [5.41, 5.74) is 1.53. The van der Waals surface area contributed by atoms with Gasteiger partial charge >= 0.3 is 0 Å². The summed E-state index contributed by atoms with van der Waals surface area (Å²) in [6.45, 7) is 0.566. The van der Waals surface area contributed by atoms with Gasteiger partial charge in [0.2, 0.25) is 0 Å². The Morgan fingerprint density at radius 3 is 2.95 bits per heavy atom. The molecule has 6 heteroatoms. The van der Waals surface area contributed by atoms with Crippen LogP contribution in [0.1, 0.15) is 11.1 Å². The van der Waals surface area contributed by atoms with E-state index >= 15 is 0 Å². The maximum absolute atomic E-state index is 9.21. The molecule has 0 aliphatic heterocycles. The molecule has 102 valence electrons. The molecular weight excluding hydrogens is 272 g/mol. The molecule has 1 N–H and O–H groups in total. The molecule has 0 fully saturated rings. The van der Waals surface area contributed by atoms with Crippen LogP contribution in [0.2, 0.25) is 0 Å². The van der Waals surface area contributed by atoms with Gasteiger partial charge in [0.05, 0.1) is 7.11 Å². The Hall–Kier alpha value is -2.26. The zero-order chi connectivity index (χ0) is 14.4. The van der Waals surface area contributed by atoms with Crippen LogP contribution in [0.3, 0.4) is 0 Å². The highest BCUT2D eigenvalue weighted by Gasteiger charge is 2.09. The van der Waals surface area contributed by atoms with E-state index in [2.05, 4.69) is 21.4 Å². The normalized spacial score (nSPS) is 9.85. The number of nitrogens with one attached hydrogen (secondary N) is 1. The standard InChI is InChI=1S/C14H14N4OS/c1-19-11-5-3-4-10(6-11)8-16-13-12(7-15)14(20-2)18-9-17-13/h3-6,9H,8H2,1-2H3,(H,16,17,18). The van der Waals surface area contributed by atoms with Crippen molar-refractivity contribution < 1.29 is 4.74 Å². The number of methoxy groups -OCH3 is 1. The molecule has 1 heterocycles. The summed E-state index contributed by atoms with van der Waals surface area (Å²) in [5, 5.41) is 13.0. The van der Waals surface area contributed by atoms with E-state index in [9.17, 15) is 5.26 Å². The SMILES string of the molecule is COc1cccc(CNc2ncnc(SC)c2C#N)c1. The van der Waals surface area contributed by atoms with E-state index < -0.39 is 0 Å². The van der Waals surface area contributed by atoms with E-state index in [4.69, 9.17) is 4.74 Å².